The van der Waals surface area contributed by atoms with Crippen LogP contribution in [-0.4, -0.2) is 49.0 Å². The van der Waals surface area contributed by atoms with Gasteiger partial charge in [-0.3, -0.25) is 14.4 Å². The molecule has 0 saturated heterocycles. The number of anilines is 1. The molecule has 9 heteroatoms. The van der Waals surface area contributed by atoms with Crippen molar-refractivity contribution in [2.45, 2.75) is 32.2 Å². The van der Waals surface area contributed by atoms with Gasteiger partial charge in [-0.05, 0) is 60.4 Å². The first-order valence-corrected chi connectivity index (χ1v) is 13.1. The lowest BCUT2D eigenvalue weighted by molar-refractivity contribution is -0.125. The number of fused-ring (bicyclic) bond motifs is 1. The Morgan fingerprint density at radius 3 is 2.42 bits per heavy atom. The van der Waals surface area contributed by atoms with Gasteiger partial charge in [-0.1, -0.05) is 36.4 Å². The quantitative estimate of drug-likeness (QED) is 0.204. The predicted molar refractivity (Wildman–Crippen MR) is 154 cm³/mol. The summed E-state index contributed by atoms with van der Waals surface area (Å²) in [5.74, 6) is 0.673. The van der Waals surface area contributed by atoms with Gasteiger partial charge in [0.2, 0.25) is 11.8 Å². The summed E-state index contributed by atoms with van der Waals surface area (Å²) in [4.78, 5) is 40.0. The first kappa shape index (κ1) is 28.2. The maximum Gasteiger partial charge on any atom is 0.258 e. The Hall–Kier alpha value is -4.79. The van der Waals surface area contributed by atoms with Crippen molar-refractivity contribution >= 4 is 34.3 Å². The molecule has 0 aliphatic carbocycles. The van der Waals surface area contributed by atoms with Crippen LogP contribution in [0.15, 0.2) is 79.0 Å². The number of benzene rings is 3. The third kappa shape index (κ3) is 8.10. The molecule has 0 spiro atoms. The normalized spacial score (nSPS) is 11.4. The van der Waals surface area contributed by atoms with E-state index in [1.807, 2.05) is 54.7 Å². The lowest BCUT2D eigenvalue weighted by Gasteiger charge is -2.20. The number of carbonyl (C=O) groups excluding carboxylic acids is 3. The Labute approximate surface area is 233 Å². The first-order chi connectivity index (χ1) is 19.4. The third-order valence-corrected chi connectivity index (χ3v) is 6.41. The fourth-order valence-corrected chi connectivity index (χ4v) is 4.48. The molecule has 0 fully saturated rings. The van der Waals surface area contributed by atoms with Crippen LogP contribution in [-0.2, 0) is 27.2 Å². The highest BCUT2D eigenvalue weighted by atomic mass is 16.5. The van der Waals surface area contributed by atoms with Gasteiger partial charge in [0.1, 0.15) is 11.5 Å². The Bertz CT molecular complexity index is 1450. The Balaban J connectivity index is 1.35. The van der Waals surface area contributed by atoms with Gasteiger partial charge in [0.05, 0.1) is 13.2 Å². The lowest BCUT2D eigenvalue weighted by atomic mass is 10.0. The molecule has 1 heterocycles. The summed E-state index contributed by atoms with van der Waals surface area (Å²) >= 11 is 0. The van der Waals surface area contributed by atoms with Gasteiger partial charge in [-0.25, -0.2) is 0 Å². The van der Waals surface area contributed by atoms with E-state index in [9.17, 15) is 14.4 Å². The van der Waals surface area contributed by atoms with E-state index in [0.717, 1.165) is 27.8 Å². The van der Waals surface area contributed by atoms with E-state index in [1.54, 1.807) is 31.4 Å². The highest BCUT2D eigenvalue weighted by molar-refractivity contribution is 5.88. The number of aromatic amines is 1. The van der Waals surface area contributed by atoms with E-state index < -0.39 is 0 Å². The molecule has 1 aromatic heterocycles. The van der Waals surface area contributed by atoms with Crippen molar-refractivity contribution in [1.82, 2.24) is 15.6 Å². The van der Waals surface area contributed by atoms with E-state index >= 15 is 0 Å². The summed E-state index contributed by atoms with van der Waals surface area (Å²) in [6, 6.07) is 22.0. The van der Waals surface area contributed by atoms with Crippen LogP contribution in [0.2, 0.25) is 0 Å². The van der Waals surface area contributed by atoms with E-state index in [-0.39, 0.29) is 36.9 Å². The lowest BCUT2D eigenvalue weighted by Crippen LogP contribution is -2.46. The van der Waals surface area contributed by atoms with Crippen LogP contribution >= 0.6 is 0 Å². The molecular formula is C31H34N4O5. The molecule has 4 rings (SSSR count). The maximum absolute atomic E-state index is 12.8. The zero-order valence-electron chi connectivity index (χ0n) is 22.7. The van der Waals surface area contributed by atoms with Gasteiger partial charge in [0.25, 0.3) is 5.91 Å². The topological polar surface area (TPSA) is 122 Å². The number of rotatable bonds is 13. The van der Waals surface area contributed by atoms with Crippen molar-refractivity contribution in [1.29, 1.82) is 0 Å². The second-order valence-corrected chi connectivity index (χ2v) is 9.44. The second kappa shape index (κ2) is 13.8. The van der Waals surface area contributed by atoms with E-state index in [1.165, 1.54) is 6.92 Å². The molecule has 0 radical (unpaired) electrons. The summed E-state index contributed by atoms with van der Waals surface area (Å²) in [6.45, 7) is 1.51. The molecular weight excluding hydrogens is 508 g/mol. The monoisotopic (exact) mass is 542 g/mol. The minimum atomic E-state index is -0.354. The molecule has 3 amide bonds. The van der Waals surface area contributed by atoms with E-state index in [2.05, 4.69) is 20.9 Å². The van der Waals surface area contributed by atoms with Crippen LogP contribution in [0, 0.1) is 0 Å². The molecule has 4 aromatic rings. The summed E-state index contributed by atoms with van der Waals surface area (Å²) in [7, 11) is 1.61. The number of amides is 3. The number of methoxy groups -OCH3 is 1. The van der Waals surface area contributed by atoms with Gasteiger partial charge in [0.15, 0.2) is 6.61 Å². The molecule has 0 saturated carbocycles. The van der Waals surface area contributed by atoms with Crippen LogP contribution in [0.1, 0.15) is 24.5 Å². The molecule has 40 heavy (non-hydrogen) atoms. The number of ether oxygens (including phenoxy) is 2. The minimum absolute atomic E-state index is 0.111. The fourth-order valence-electron chi connectivity index (χ4n) is 4.48. The Morgan fingerprint density at radius 2 is 1.65 bits per heavy atom. The number of nitrogens with one attached hydrogen (secondary N) is 4. The van der Waals surface area contributed by atoms with Crippen LogP contribution in [0.4, 0.5) is 5.69 Å². The zero-order chi connectivity index (χ0) is 28.3. The van der Waals surface area contributed by atoms with Gasteiger partial charge < -0.3 is 30.4 Å². The fraction of sp³-hybridized carbons (Fsp3) is 0.258. The molecule has 0 aliphatic rings. The van der Waals surface area contributed by atoms with Crippen molar-refractivity contribution in [3.05, 3.63) is 90.1 Å². The average molecular weight is 543 g/mol. The predicted octanol–water partition coefficient (Wildman–Crippen LogP) is 3.99. The number of aryl methyl sites for hydroxylation is 1. The van der Waals surface area contributed by atoms with Crippen LogP contribution < -0.4 is 25.4 Å². The molecule has 0 aliphatic heterocycles. The van der Waals surface area contributed by atoms with E-state index in [0.29, 0.717) is 30.7 Å². The molecule has 1 atom stereocenters. The number of carbonyl (C=O) groups is 3. The summed E-state index contributed by atoms with van der Waals surface area (Å²) < 4.78 is 11.0. The smallest absolute Gasteiger partial charge is 0.258 e. The molecule has 4 N–H and O–H groups in total. The van der Waals surface area contributed by atoms with Crippen LogP contribution in [0.3, 0.4) is 0 Å². The first-order valence-electron chi connectivity index (χ1n) is 13.1. The molecule has 3 aromatic carbocycles. The summed E-state index contributed by atoms with van der Waals surface area (Å²) in [6.07, 6.45) is 3.30. The number of aromatic nitrogens is 1. The van der Waals surface area contributed by atoms with Gasteiger partial charge in [-0.2, -0.15) is 0 Å². The molecule has 0 bridgehead atoms. The largest absolute Gasteiger partial charge is 0.496 e. The molecule has 9 nitrogen and oxygen atoms in total. The summed E-state index contributed by atoms with van der Waals surface area (Å²) in [5, 5.41) is 9.73. The third-order valence-electron chi connectivity index (χ3n) is 6.41. The number of hydrogen-bond acceptors (Lipinski definition) is 5. The standard InChI is InChI=1S/C31H34N4O5/c1-21(36)34-24-12-14-26(15-13-24)40-20-31(38)35-25(17-23-18-32-28-9-5-4-8-27(23)28)19-33-30(37)16-11-22-7-3-6-10-29(22)39-2/h3-10,12-15,18,25,32H,11,16-17,19-20H2,1-2H3,(H,33,37)(H,34,36)(H,35,38). The van der Waals surface area contributed by atoms with Crippen molar-refractivity contribution in [3.63, 3.8) is 0 Å². The Morgan fingerprint density at radius 1 is 0.900 bits per heavy atom. The van der Waals surface area contributed by atoms with E-state index in [4.69, 9.17) is 9.47 Å². The molecule has 1 unspecified atom stereocenters. The second-order valence-electron chi connectivity index (χ2n) is 9.44. The zero-order valence-corrected chi connectivity index (χ0v) is 22.7. The number of hydrogen-bond donors (Lipinski definition) is 4. The van der Waals surface area contributed by atoms with Gasteiger partial charge in [0, 0.05) is 42.7 Å². The maximum atomic E-state index is 12.8. The van der Waals surface area contributed by atoms with Crippen molar-refractivity contribution < 1.29 is 23.9 Å². The minimum Gasteiger partial charge on any atom is -0.496 e. The van der Waals surface area contributed by atoms with Gasteiger partial charge in [-0.15, -0.1) is 0 Å². The number of para-hydroxylation sites is 2. The van der Waals surface area contributed by atoms with Crippen LogP contribution in [0.25, 0.3) is 10.9 Å². The van der Waals surface area contributed by atoms with Crippen molar-refractivity contribution in [2.75, 3.05) is 25.6 Å². The van der Waals surface area contributed by atoms with Crippen molar-refractivity contribution in [2.24, 2.45) is 0 Å². The highest BCUT2D eigenvalue weighted by Crippen LogP contribution is 2.20. The SMILES string of the molecule is COc1ccccc1CCC(=O)NCC(Cc1c[nH]c2ccccc12)NC(=O)COc1ccc(NC(C)=O)cc1. The Kier molecular flexibility index (Phi) is 9.77. The average Bonchev–Trinajstić information content (AvgIpc) is 3.37. The summed E-state index contributed by atoms with van der Waals surface area (Å²) in [5.41, 5.74) is 3.66. The van der Waals surface area contributed by atoms with Gasteiger partial charge >= 0.3 is 0 Å². The molecule has 208 valence electrons. The highest BCUT2D eigenvalue weighted by Gasteiger charge is 2.17. The number of H-pyrrole nitrogens is 1. The van der Waals surface area contributed by atoms with Crippen LogP contribution in [0.5, 0.6) is 11.5 Å². The van der Waals surface area contributed by atoms with Crippen molar-refractivity contribution in [3.8, 4) is 11.5 Å².